The molecule has 0 bridgehead atoms. The largest absolute Gasteiger partial charge is 0.485 e. The molecule has 1 aliphatic heterocycles. The number of ether oxygens (including phenoxy) is 2. The minimum atomic E-state index is -0.364. The molecule has 1 aliphatic rings. The van der Waals surface area contributed by atoms with Crippen LogP contribution in [0.4, 0.5) is 4.39 Å². The molecule has 1 N–H and O–H groups in total. The van der Waals surface area contributed by atoms with Gasteiger partial charge in [0.25, 0.3) is 0 Å². The summed E-state index contributed by atoms with van der Waals surface area (Å²) in [6, 6.07) is 7.54. The van der Waals surface area contributed by atoms with E-state index in [4.69, 9.17) is 14.0 Å². The number of aromatic nitrogens is 1. The minimum absolute atomic E-state index is 0.0857. The fourth-order valence-electron chi connectivity index (χ4n) is 2.65. The molecular formula is C18H21FN2O4. The van der Waals surface area contributed by atoms with Gasteiger partial charge < -0.3 is 19.3 Å². The van der Waals surface area contributed by atoms with E-state index in [1.807, 2.05) is 0 Å². The Kier molecular flexibility index (Phi) is 6.00. The van der Waals surface area contributed by atoms with Gasteiger partial charge in [-0.05, 0) is 30.9 Å². The summed E-state index contributed by atoms with van der Waals surface area (Å²) in [6.07, 6.45) is 2.12. The van der Waals surface area contributed by atoms with Gasteiger partial charge in [-0.25, -0.2) is 4.39 Å². The van der Waals surface area contributed by atoms with Crippen LogP contribution in [0.15, 0.2) is 34.9 Å². The average molecular weight is 348 g/mol. The van der Waals surface area contributed by atoms with Crippen LogP contribution in [0.2, 0.25) is 0 Å². The van der Waals surface area contributed by atoms with Crippen LogP contribution in [0.25, 0.3) is 0 Å². The second-order valence-electron chi connectivity index (χ2n) is 6.07. The first-order valence-corrected chi connectivity index (χ1v) is 8.36. The number of hydrogen-bond donors (Lipinski definition) is 1. The number of rotatable bonds is 7. The van der Waals surface area contributed by atoms with Gasteiger partial charge in [0.1, 0.15) is 18.2 Å². The van der Waals surface area contributed by atoms with Crippen molar-refractivity contribution in [3.8, 4) is 5.75 Å². The highest BCUT2D eigenvalue weighted by Gasteiger charge is 2.15. The van der Waals surface area contributed by atoms with Crippen molar-refractivity contribution in [2.75, 3.05) is 19.8 Å². The van der Waals surface area contributed by atoms with Gasteiger partial charge in [-0.1, -0.05) is 11.2 Å². The summed E-state index contributed by atoms with van der Waals surface area (Å²) in [5.41, 5.74) is 0.544. The topological polar surface area (TPSA) is 73.6 Å². The third-order valence-corrected chi connectivity index (χ3v) is 4.06. The maximum atomic E-state index is 13.1. The monoisotopic (exact) mass is 348 g/mol. The molecule has 0 aliphatic carbocycles. The maximum Gasteiger partial charge on any atom is 0.226 e. The van der Waals surface area contributed by atoms with Crippen LogP contribution in [0, 0.1) is 11.7 Å². The fraction of sp³-hybridized carbons (Fsp3) is 0.444. The number of amides is 1. The Hall–Kier alpha value is -2.41. The van der Waals surface area contributed by atoms with E-state index in [2.05, 4.69) is 10.5 Å². The fourth-order valence-corrected chi connectivity index (χ4v) is 2.65. The number of nitrogens with one attached hydrogen (secondary N) is 1. The zero-order valence-corrected chi connectivity index (χ0v) is 13.9. The molecule has 1 saturated heterocycles. The molecule has 25 heavy (non-hydrogen) atoms. The lowest BCUT2D eigenvalue weighted by molar-refractivity contribution is -0.120. The highest BCUT2D eigenvalue weighted by atomic mass is 19.1. The number of carbonyl (C=O) groups excluding carboxylic acids is 1. The second-order valence-corrected chi connectivity index (χ2v) is 6.07. The molecule has 2 heterocycles. The Morgan fingerprint density at radius 1 is 1.32 bits per heavy atom. The summed E-state index contributed by atoms with van der Waals surface area (Å²) in [4.78, 5) is 12.0. The van der Waals surface area contributed by atoms with Gasteiger partial charge in [0, 0.05) is 31.9 Å². The van der Waals surface area contributed by atoms with E-state index in [9.17, 15) is 9.18 Å². The van der Waals surface area contributed by atoms with Gasteiger partial charge in [0.05, 0.1) is 12.1 Å². The first-order chi connectivity index (χ1) is 12.2. The van der Waals surface area contributed by atoms with Crippen LogP contribution >= 0.6 is 0 Å². The van der Waals surface area contributed by atoms with Crippen LogP contribution in [-0.2, 0) is 22.6 Å². The van der Waals surface area contributed by atoms with Crippen molar-refractivity contribution in [3.05, 3.63) is 47.6 Å². The van der Waals surface area contributed by atoms with Crippen LogP contribution < -0.4 is 10.1 Å². The molecule has 1 aromatic heterocycles. The Morgan fingerprint density at radius 2 is 2.16 bits per heavy atom. The van der Waals surface area contributed by atoms with Crippen molar-refractivity contribution in [2.24, 2.45) is 5.92 Å². The van der Waals surface area contributed by atoms with Gasteiger partial charge >= 0.3 is 0 Å². The maximum absolute atomic E-state index is 13.1. The standard InChI is InChI=1S/C18H21FN2O4/c19-14-2-1-3-16(8-14)24-12-17-9-15(21-25-17)10-18(22)20-11-13-4-6-23-7-5-13/h1-3,8-9,13H,4-7,10-12H2,(H,20,22). The van der Waals surface area contributed by atoms with Crippen molar-refractivity contribution >= 4 is 5.91 Å². The number of halogens is 1. The number of hydrogen-bond acceptors (Lipinski definition) is 5. The molecule has 7 heteroatoms. The molecule has 1 fully saturated rings. The molecule has 0 atom stereocenters. The molecule has 3 rings (SSSR count). The van der Waals surface area contributed by atoms with Crippen molar-refractivity contribution in [1.29, 1.82) is 0 Å². The van der Waals surface area contributed by atoms with E-state index >= 15 is 0 Å². The van der Waals surface area contributed by atoms with E-state index < -0.39 is 0 Å². The van der Waals surface area contributed by atoms with E-state index in [1.165, 1.54) is 12.1 Å². The van der Waals surface area contributed by atoms with Gasteiger partial charge in [-0.15, -0.1) is 0 Å². The molecule has 1 aromatic carbocycles. The van der Waals surface area contributed by atoms with Gasteiger partial charge in [-0.3, -0.25) is 4.79 Å². The summed E-state index contributed by atoms with van der Waals surface area (Å²) in [7, 11) is 0. The van der Waals surface area contributed by atoms with Gasteiger partial charge in [0.2, 0.25) is 5.91 Å². The molecule has 0 spiro atoms. The lowest BCUT2D eigenvalue weighted by atomic mass is 10.0. The molecule has 0 saturated carbocycles. The predicted octanol–water partition coefficient (Wildman–Crippen LogP) is 2.48. The number of nitrogens with zero attached hydrogens (tertiary/aromatic N) is 1. The normalized spacial score (nSPS) is 15.1. The summed E-state index contributed by atoms with van der Waals surface area (Å²) in [6.45, 7) is 2.31. The third kappa shape index (κ3) is 5.56. The van der Waals surface area contributed by atoms with Crippen molar-refractivity contribution < 1.29 is 23.2 Å². The highest BCUT2D eigenvalue weighted by Crippen LogP contribution is 2.15. The second kappa shape index (κ2) is 8.62. The molecule has 6 nitrogen and oxygen atoms in total. The van der Waals surface area contributed by atoms with Crippen LogP contribution in [-0.4, -0.2) is 30.8 Å². The Labute approximate surface area is 145 Å². The van der Waals surface area contributed by atoms with Gasteiger partial charge in [0.15, 0.2) is 5.76 Å². The molecule has 134 valence electrons. The van der Waals surface area contributed by atoms with Gasteiger partial charge in [-0.2, -0.15) is 0 Å². The molecular weight excluding hydrogens is 327 g/mol. The van der Waals surface area contributed by atoms with Crippen molar-refractivity contribution in [1.82, 2.24) is 10.5 Å². The predicted molar refractivity (Wildman–Crippen MR) is 87.5 cm³/mol. The number of carbonyl (C=O) groups is 1. The minimum Gasteiger partial charge on any atom is -0.485 e. The highest BCUT2D eigenvalue weighted by molar-refractivity contribution is 5.78. The van der Waals surface area contributed by atoms with E-state index in [0.29, 0.717) is 29.7 Å². The molecule has 0 radical (unpaired) electrons. The molecule has 1 amide bonds. The van der Waals surface area contributed by atoms with Crippen LogP contribution in [0.5, 0.6) is 5.75 Å². The molecule has 2 aromatic rings. The SMILES string of the molecule is O=C(Cc1cc(COc2cccc(F)c2)on1)NCC1CCOCC1. The third-order valence-electron chi connectivity index (χ3n) is 4.06. The quantitative estimate of drug-likeness (QED) is 0.832. The van der Waals surface area contributed by atoms with E-state index in [1.54, 1.807) is 18.2 Å². The molecule has 0 unspecified atom stereocenters. The Morgan fingerprint density at radius 3 is 2.96 bits per heavy atom. The summed E-state index contributed by atoms with van der Waals surface area (Å²) in [5.74, 6) is 0.920. The van der Waals surface area contributed by atoms with Crippen LogP contribution in [0.1, 0.15) is 24.3 Å². The van der Waals surface area contributed by atoms with Crippen molar-refractivity contribution in [2.45, 2.75) is 25.9 Å². The zero-order valence-electron chi connectivity index (χ0n) is 13.9. The Bertz CT molecular complexity index is 698. The average Bonchev–Trinajstić information content (AvgIpc) is 3.06. The summed E-state index contributed by atoms with van der Waals surface area (Å²) < 4.78 is 29.0. The Balaban J connectivity index is 1.42. The zero-order chi connectivity index (χ0) is 17.5. The lowest BCUT2D eigenvalue weighted by Crippen LogP contribution is -2.33. The van der Waals surface area contributed by atoms with E-state index in [-0.39, 0.29) is 24.8 Å². The summed E-state index contributed by atoms with van der Waals surface area (Å²) in [5, 5.41) is 6.80. The summed E-state index contributed by atoms with van der Waals surface area (Å²) >= 11 is 0. The van der Waals surface area contributed by atoms with Crippen molar-refractivity contribution in [3.63, 3.8) is 0 Å². The first kappa shape index (κ1) is 17.4. The lowest BCUT2D eigenvalue weighted by Gasteiger charge is -2.21. The smallest absolute Gasteiger partial charge is 0.226 e. The van der Waals surface area contributed by atoms with E-state index in [0.717, 1.165) is 26.1 Å². The first-order valence-electron chi connectivity index (χ1n) is 8.36. The number of benzene rings is 1. The van der Waals surface area contributed by atoms with Crippen LogP contribution in [0.3, 0.4) is 0 Å².